The van der Waals surface area contributed by atoms with E-state index in [9.17, 15) is 0 Å². The van der Waals surface area contributed by atoms with Gasteiger partial charge in [0.1, 0.15) is 5.75 Å². The molecule has 0 aliphatic carbocycles. The minimum Gasteiger partial charge on any atom is -0.468 e. The Morgan fingerprint density at radius 1 is 1.38 bits per heavy atom. The summed E-state index contributed by atoms with van der Waals surface area (Å²) in [6.07, 6.45) is 0. The monoisotopic (exact) mass is 287 g/mol. The van der Waals surface area contributed by atoms with Crippen molar-refractivity contribution in [1.29, 1.82) is 0 Å². The molecule has 0 unspecified atom stereocenters. The molecule has 0 atom stereocenters. The van der Waals surface area contributed by atoms with Gasteiger partial charge in [0.05, 0.1) is 0 Å². The number of hydrogen-bond acceptors (Lipinski definition) is 3. The minimum atomic E-state index is 0.276. The van der Waals surface area contributed by atoms with E-state index < -0.39 is 0 Å². The lowest BCUT2D eigenvalue weighted by atomic mass is 10.2. The van der Waals surface area contributed by atoms with Gasteiger partial charge in [-0.2, -0.15) is 0 Å². The van der Waals surface area contributed by atoms with E-state index in [0.29, 0.717) is 6.04 Å². The van der Waals surface area contributed by atoms with E-state index >= 15 is 0 Å². The zero-order valence-corrected chi connectivity index (χ0v) is 11.5. The van der Waals surface area contributed by atoms with Gasteiger partial charge in [0, 0.05) is 24.2 Å². The topological polar surface area (TPSA) is 30.5 Å². The fourth-order valence-corrected chi connectivity index (χ4v) is 1.60. The quantitative estimate of drug-likeness (QED) is 0.816. The van der Waals surface area contributed by atoms with E-state index in [-0.39, 0.29) is 6.79 Å². The van der Waals surface area contributed by atoms with Crippen molar-refractivity contribution in [3.8, 4) is 5.75 Å². The first-order valence-corrected chi connectivity index (χ1v) is 6.06. The zero-order chi connectivity index (χ0) is 12.0. The lowest BCUT2D eigenvalue weighted by molar-refractivity contribution is 0.0510. The highest BCUT2D eigenvalue weighted by atomic mass is 79.9. The Hall–Kier alpha value is -0.580. The van der Waals surface area contributed by atoms with Crippen molar-refractivity contribution >= 4 is 15.9 Å². The van der Waals surface area contributed by atoms with Gasteiger partial charge < -0.3 is 14.8 Å². The SMILES string of the molecule is COCOc1ccc(Br)c(CNC(C)C)c1. The molecule has 1 aromatic carbocycles. The summed E-state index contributed by atoms with van der Waals surface area (Å²) < 4.78 is 11.3. The lowest BCUT2D eigenvalue weighted by Gasteiger charge is -2.11. The molecule has 1 rings (SSSR count). The van der Waals surface area contributed by atoms with E-state index in [4.69, 9.17) is 9.47 Å². The molecule has 1 aromatic rings. The molecule has 0 amide bonds. The van der Waals surface area contributed by atoms with Crippen LogP contribution in [0.2, 0.25) is 0 Å². The summed E-state index contributed by atoms with van der Waals surface area (Å²) in [5, 5.41) is 3.37. The van der Waals surface area contributed by atoms with E-state index in [1.165, 1.54) is 5.56 Å². The summed E-state index contributed by atoms with van der Waals surface area (Å²) >= 11 is 3.52. The van der Waals surface area contributed by atoms with Gasteiger partial charge in [-0.3, -0.25) is 0 Å². The fraction of sp³-hybridized carbons (Fsp3) is 0.500. The number of benzene rings is 1. The van der Waals surface area contributed by atoms with E-state index in [1.807, 2.05) is 18.2 Å². The van der Waals surface area contributed by atoms with Gasteiger partial charge in [0.2, 0.25) is 0 Å². The van der Waals surface area contributed by atoms with E-state index in [0.717, 1.165) is 16.8 Å². The lowest BCUT2D eigenvalue weighted by Crippen LogP contribution is -2.22. The molecule has 1 N–H and O–H groups in total. The Balaban J connectivity index is 2.66. The molecule has 0 aliphatic rings. The average molecular weight is 288 g/mol. The maximum Gasteiger partial charge on any atom is 0.188 e. The molecule has 0 aliphatic heterocycles. The van der Waals surface area contributed by atoms with Crippen LogP contribution in [0.5, 0.6) is 5.75 Å². The second kappa shape index (κ2) is 6.89. The third-order valence-electron chi connectivity index (χ3n) is 2.06. The van der Waals surface area contributed by atoms with Crippen LogP contribution in [0, 0.1) is 0 Å². The van der Waals surface area contributed by atoms with Crippen LogP contribution in [0.15, 0.2) is 22.7 Å². The molecule has 0 saturated carbocycles. The average Bonchev–Trinajstić information content (AvgIpc) is 2.26. The second-order valence-electron chi connectivity index (χ2n) is 3.84. The Labute approximate surface area is 105 Å². The summed E-state index contributed by atoms with van der Waals surface area (Å²) in [5.74, 6) is 0.825. The third-order valence-corrected chi connectivity index (χ3v) is 2.84. The van der Waals surface area contributed by atoms with Crippen molar-refractivity contribution in [2.24, 2.45) is 0 Å². The molecule has 0 radical (unpaired) electrons. The molecule has 0 fully saturated rings. The number of hydrogen-bond donors (Lipinski definition) is 1. The smallest absolute Gasteiger partial charge is 0.188 e. The van der Waals surface area contributed by atoms with Gasteiger partial charge in [-0.05, 0) is 23.8 Å². The Morgan fingerprint density at radius 2 is 2.12 bits per heavy atom. The van der Waals surface area contributed by atoms with Gasteiger partial charge in [-0.15, -0.1) is 0 Å². The maximum atomic E-state index is 5.39. The second-order valence-corrected chi connectivity index (χ2v) is 4.69. The van der Waals surface area contributed by atoms with Crippen molar-refractivity contribution < 1.29 is 9.47 Å². The van der Waals surface area contributed by atoms with Crippen LogP contribution in [0.3, 0.4) is 0 Å². The molecular weight excluding hydrogens is 270 g/mol. The van der Waals surface area contributed by atoms with Crippen molar-refractivity contribution in [1.82, 2.24) is 5.32 Å². The molecule has 0 spiro atoms. The van der Waals surface area contributed by atoms with Gasteiger partial charge in [0.15, 0.2) is 6.79 Å². The highest BCUT2D eigenvalue weighted by Gasteiger charge is 2.03. The van der Waals surface area contributed by atoms with Crippen LogP contribution >= 0.6 is 15.9 Å². The van der Waals surface area contributed by atoms with Crippen LogP contribution < -0.4 is 10.1 Å². The Kier molecular flexibility index (Phi) is 5.80. The van der Waals surface area contributed by atoms with Gasteiger partial charge in [-0.1, -0.05) is 29.8 Å². The first-order valence-electron chi connectivity index (χ1n) is 5.27. The summed E-state index contributed by atoms with van der Waals surface area (Å²) in [6, 6.07) is 6.39. The highest BCUT2D eigenvalue weighted by Crippen LogP contribution is 2.22. The molecule has 0 bridgehead atoms. The summed E-state index contributed by atoms with van der Waals surface area (Å²) in [5.41, 5.74) is 1.18. The van der Waals surface area contributed by atoms with Crippen LogP contribution in [-0.4, -0.2) is 19.9 Å². The van der Waals surface area contributed by atoms with Gasteiger partial charge in [0.25, 0.3) is 0 Å². The van der Waals surface area contributed by atoms with Crippen molar-refractivity contribution in [3.05, 3.63) is 28.2 Å². The molecule has 90 valence electrons. The first kappa shape index (κ1) is 13.5. The Bertz CT molecular complexity index is 329. The number of rotatable bonds is 6. The maximum absolute atomic E-state index is 5.39. The molecule has 16 heavy (non-hydrogen) atoms. The molecule has 3 nitrogen and oxygen atoms in total. The molecule has 4 heteroatoms. The normalized spacial score (nSPS) is 10.8. The molecule has 0 aromatic heterocycles. The van der Waals surface area contributed by atoms with Crippen LogP contribution in [0.1, 0.15) is 19.4 Å². The van der Waals surface area contributed by atoms with Crippen LogP contribution in [-0.2, 0) is 11.3 Å². The van der Waals surface area contributed by atoms with E-state index in [2.05, 4.69) is 35.1 Å². The van der Waals surface area contributed by atoms with Crippen molar-refractivity contribution in [3.63, 3.8) is 0 Å². The number of methoxy groups -OCH3 is 1. The Morgan fingerprint density at radius 3 is 2.75 bits per heavy atom. The van der Waals surface area contributed by atoms with Crippen LogP contribution in [0.25, 0.3) is 0 Å². The summed E-state index contributed by atoms with van der Waals surface area (Å²) in [6.45, 7) is 5.35. The fourth-order valence-electron chi connectivity index (χ4n) is 1.22. The highest BCUT2D eigenvalue weighted by molar-refractivity contribution is 9.10. The third kappa shape index (κ3) is 4.51. The number of ether oxygens (including phenoxy) is 2. The largest absolute Gasteiger partial charge is 0.468 e. The summed E-state index contributed by atoms with van der Waals surface area (Å²) in [7, 11) is 1.61. The first-order chi connectivity index (χ1) is 7.63. The van der Waals surface area contributed by atoms with Crippen molar-refractivity contribution in [2.45, 2.75) is 26.4 Å². The van der Waals surface area contributed by atoms with E-state index in [1.54, 1.807) is 7.11 Å². The van der Waals surface area contributed by atoms with Crippen molar-refractivity contribution in [2.75, 3.05) is 13.9 Å². The minimum absolute atomic E-state index is 0.276. The predicted molar refractivity (Wildman–Crippen MR) is 68.6 cm³/mol. The van der Waals surface area contributed by atoms with Crippen LogP contribution in [0.4, 0.5) is 0 Å². The predicted octanol–water partition coefficient (Wildman–Crippen LogP) is 2.93. The van der Waals surface area contributed by atoms with Gasteiger partial charge in [-0.25, -0.2) is 0 Å². The van der Waals surface area contributed by atoms with Gasteiger partial charge >= 0.3 is 0 Å². The molecule has 0 heterocycles. The zero-order valence-electron chi connectivity index (χ0n) is 9.92. The number of nitrogens with one attached hydrogen (secondary N) is 1. The number of halogens is 1. The summed E-state index contributed by atoms with van der Waals surface area (Å²) in [4.78, 5) is 0. The standard InChI is InChI=1S/C12H18BrNO2/c1-9(2)14-7-10-6-11(16-8-15-3)4-5-12(10)13/h4-6,9,14H,7-8H2,1-3H3. The molecular formula is C12H18BrNO2. The molecule has 0 saturated heterocycles.